The van der Waals surface area contributed by atoms with Crippen LogP contribution in [0, 0.1) is 22.3 Å². The third-order valence-corrected chi connectivity index (χ3v) is 9.70. The maximum absolute atomic E-state index is 11.9. The highest BCUT2D eigenvalue weighted by molar-refractivity contribution is 6.30. The molecule has 0 bridgehead atoms. The third-order valence-electron chi connectivity index (χ3n) is 9.37. The largest absolute Gasteiger partial charge is 0.478 e. The maximum atomic E-state index is 11.9. The molecule has 0 aliphatic heterocycles. The van der Waals surface area contributed by atoms with Gasteiger partial charge in [-0.1, -0.05) is 86.2 Å². The van der Waals surface area contributed by atoms with Crippen molar-refractivity contribution < 1.29 is 19.8 Å². The second kappa shape index (κ2) is 11.2. The first-order valence-electron chi connectivity index (χ1n) is 14.6. The van der Waals surface area contributed by atoms with Crippen molar-refractivity contribution in [2.75, 3.05) is 0 Å². The first-order chi connectivity index (χ1) is 19.4. The molecule has 0 spiro atoms. The Morgan fingerprint density at radius 2 is 1.52 bits per heavy atom. The topological polar surface area (TPSA) is 74.6 Å². The van der Waals surface area contributed by atoms with Crippen molar-refractivity contribution in [3.8, 4) is 0 Å². The molecule has 0 aromatic heterocycles. The highest BCUT2D eigenvalue weighted by Gasteiger charge is 2.26. The number of aromatic carboxylic acids is 2. The Morgan fingerprint density at radius 1 is 0.800 bits per heavy atom. The van der Waals surface area contributed by atoms with Gasteiger partial charge in [-0.05, 0) is 99.7 Å². The quantitative estimate of drug-likeness (QED) is 0.335. The van der Waals surface area contributed by atoms with Crippen LogP contribution in [-0.4, -0.2) is 22.2 Å². The molecule has 2 unspecified atom stereocenters. The van der Waals surface area contributed by atoms with Crippen LogP contribution < -0.4 is 10.4 Å². The Bertz CT molecular complexity index is 1670. The lowest BCUT2D eigenvalue weighted by Crippen LogP contribution is -2.26. The number of rotatable bonds is 7. The molecule has 2 N–H and O–H groups in total. The first kappa shape index (κ1) is 26.8. The van der Waals surface area contributed by atoms with Crippen molar-refractivity contribution in [1.29, 1.82) is 0 Å². The molecule has 3 aromatic rings. The van der Waals surface area contributed by atoms with Crippen LogP contribution in [0.25, 0.3) is 12.2 Å². The number of carboxylic acids is 2. The zero-order chi connectivity index (χ0) is 27.8. The molecule has 1 saturated carbocycles. The van der Waals surface area contributed by atoms with Crippen molar-refractivity contribution in [1.82, 2.24) is 0 Å². The van der Waals surface area contributed by atoms with E-state index < -0.39 is 11.9 Å². The zero-order valence-electron chi connectivity index (χ0n) is 22.7. The highest BCUT2D eigenvalue weighted by Crippen LogP contribution is 2.36. The zero-order valence-corrected chi connectivity index (χ0v) is 23.4. The number of carboxylic acid groups (broad SMARTS) is 2. The number of carbonyl (C=O) groups is 2. The SMILES string of the molecule is O=C(O)c1cccc(C(=O)O)c1CC1C=c2ccc3c(c2CC1)C(CCC1CCCCC1)C=c1c(Cl)cccc1=3. The molecule has 3 aromatic carbocycles. The number of hydrogen-bond acceptors (Lipinski definition) is 2. The van der Waals surface area contributed by atoms with Crippen LogP contribution in [0.3, 0.4) is 0 Å². The molecular formula is C35H35ClO4. The summed E-state index contributed by atoms with van der Waals surface area (Å²) in [5.41, 5.74) is 3.38. The molecule has 3 aliphatic rings. The van der Waals surface area contributed by atoms with Gasteiger partial charge in [0.1, 0.15) is 0 Å². The van der Waals surface area contributed by atoms with E-state index in [2.05, 4.69) is 30.4 Å². The van der Waals surface area contributed by atoms with E-state index in [0.29, 0.717) is 17.9 Å². The van der Waals surface area contributed by atoms with Gasteiger partial charge in [-0.2, -0.15) is 0 Å². The Balaban J connectivity index is 1.42. The van der Waals surface area contributed by atoms with Crippen molar-refractivity contribution in [3.63, 3.8) is 0 Å². The molecule has 0 saturated heterocycles. The minimum absolute atomic E-state index is 0.0686. The fourth-order valence-electron chi connectivity index (χ4n) is 7.42. The van der Waals surface area contributed by atoms with Crippen molar-refractivity contribution in [3.05, 3.63) is 102 Å². The maximum Gasteiger partial charge on any atom is 0.335 e. The van der Waals surface area contributed by atoms with E-state index in [1.54, 1.807) is 0 Å². The summed E-state index contributed by atoms with van der Waals surface area (Å²) in [7, 11) is 0. The van der Waals surface area contributed by atoms with Gasteiger partial charge in [0, 0.05) is 10.9 Å². The van der Waals surface area contributed by atoms with E-state index in [-0.39, 0.29) is 17.0 Å². The smallest absolute Gasteiger partial charge is 0.335 e. The van der Waals surface area contributed by atoms with E-state index in [4.69, 9.17) is 11.6 Å². The summed E-state index contributed by atoms with van der Waals surface area (Å²) < 4.78 is 0. The molecule has 2 atom stereocenters. The number of fused-ring (bicyclic) bond motifs is 4. The van der Waals surface area contributed by atoms with Gasteiger partial charge in [-0.15, -0.1) is 0 Å². The standard InChI is InChI=1S/C35H35ClO4/c36-32-11-5-8-26-27-17-15-23-18-22(19-30-28(34(37)38)9-4-10-29(30)35(39)40)13-16-25(23)33(27)24(20-31(26)32)14-12-21-6-2-1-3-7-21/h4-5,8-11,15,17-18,20-22,24H,1-3,6-7,12-14,16,19H2,(H,37,38)(H,39,40). The molecule has 0 radical (unpaired) electrons. The fraction of sp³-hybridized carbons (Fsp3) is 0.371. The van der Waals surface area contributed by atoms with Crippen LogP contribution in [0.15, 0.2) is 48.5 Å². The molecule has 5 heteroatoms. The molecule has 4 nitrogen and oxygen atoms in total. The predicted molar refractivity (Wildman–Crippen MR) is 158 cm³/mol. The highest BCUT2D eigenvalue weighted by atomic mass is 35.5. The van der Waals surface area contributed by atoms with Crippen molar-refractivity contribution in [2.24, 2.45) is 11.8 Å². The van der Waals surface area contributed by atoms with Gasteiger partial charge >= 0.3 is 11.9 Å². The Morgan fingerprint density at radius 3 is 2.25 bits per heavy atom. The van der Waals surface area contributed by atoms with Crippen LogP contribution in [-0.2, 0) is 12.8 Å². The van der Waals surface area contributed by atoms with Gasteiger partial charge in [0.05, 0.1) is 11.1 Å². The summed E-state index contributed by atoms with van der Waals surface area (Å²) in [5, 5.41) is 25.1. The summed E-state index contributed by atoms with van der Waals surface area (Å²) in [5.74, 6) is -0.977. The molecule has 0 amide bonds. The lowest BCUT2D eigenvalue weighted by Gasteiger charge is -2.28. The van der Waals surface area contributed by atoms with E-state index in [0.717, 1.165) is 35.4 Å². The first-order valence-corrected chi connectivity index (χ1v) is 15.0. The summed E-state index contributed by atoms with van der Waals surface area (Å²) in [6, 6.07) is 15.1. The molecule has 6 rings (SSSR count). The van der Waals surface area contributed by atoms with Gasteiger partial charge in [0.25, 0.3) is 0 Å². The lowest BCUT2D eigenvalue weighted by molar-refractivity contribution is 0.0695. The van der Waals surface area contributed by atoms with Crippen LogP contribution in [0.1, 0.15) is 94.7 Å². The van der Waals surface area contributed by atoms with Gasteiger partial charge in [0.15, 0.2) is 0 Å². The fourth-order valence-corrected chi connectivity index (χ4v) is 7.65. The molecule has 3 aliphatic carbocycles. The average molecular weight is 555 g/mol. The van der Waals surface area contributed by atoms with Gasteiger partial charge in [0.2, 0.25) is 0 Å². The van der Waals surface area contributed by atoms with Crippen molar-refractivity contribution >= 4 is 35.7 Å². The van der Waals surface area contributed by atoms with E-state index in [9.17, 15) is 19.8 Å². The molecule has 1 fully saturated rings. The Hall–Kier alpha value is -3.37. The minimum Gasteiger partial charge on any atom is -0.478 e. The number of benzene rings is 3. The number of halogens is 1. The van der Waals surface area contributed by atoms with Crippen LogP contribution >= 0.6 is 11.6 Å². The third kappa shape index (κ3) is 5.10. The second-order valence-corrected chi connectivity index (χ2v) is 12.2. The Labute approximate surface area is 239 Å². The summed E-state index contributed by atoms with van der Waals surface area (Å²) in [6.45, 7) is 0. The van der Waals surface area contributed by atoms with Crippen LogP contribution in [0.5, 0.6) is 0 Å². The molecular weight excluding hydrogens is 520 g/mol. The predicted octanol–water partition coefficient (Wildman–Crippen LogP) is 6.85. The average Bonchev–Trinajstić information content (AvgIpc) is 2.96. The second-order valence-electron chi connectivity index (χ2n) is 11.8. The van der Waals surface area contributed by atoms with Crippen LogP contribution in [0.4, 0.5) is 0 Å². The molecule has 40 heavy (non-hydrogen) atoms. The van der Waals surface area contributed by atoms with Crippen LogP contribution in [0.2, 0.25) is 5.02 Å². The van der Waals surface area contributed by atoms with E-state index in [1.165, 1.54) is 83.5 Å². The summed E-state index contributed by atoms with van der Waals surface area (Å²) in [4.78, 5) is 23.8. The monoisotopic (exact) mass is 554 g/mol. The minimum atomic E-state index is -1.09. The van der Waals surface area contributed by atoms with Gasteiger partial charge in [-0.25, -0.2) is 9.59 Å². The lowest BCUT2D eigenvalue weighted by atomic mass is 9.76. The van der Waals surface area contributed by atoms with Crippen molar-refractivity contribution in [2.45, 2.75) is 70.1 Å². The van der Waals surface area contributed by atoms with E-state index >= 15 is 0 Å². The van der Waals surface area contributed by atoms with Gasteiger partial charge in [-0.3, -0.25) is 0 Å². The van der Waals surface area contributed by atoms with Gasteiger partial charge < -0.3 is 10.2 Å². The number of hydrogen-bond donors (Lipinski definition) is 2. The Kier molecular flexibility index (Phi) is 7.55. The summed E-state index contributed by atoms with van der Waals surface area (Å²) >= 11 is 6.71. The molecule has 0 heterocycles. The summed E-state index contributed by atoms with van der Waals surface area (Å²) in [6.07, 6.45) is 15.9. The normalized spacial score (nSPS) is 19.9. The van der Waals surface area contributed by atoms with E-state index in [1.807, 2.05) is 12.1 Å². The molecule has 206 valence electrons.